The molecule has 1 heterocycles. The van der Waals surface area contributed by atoms with Gasteiger partial charge in [-0.15, -0.1) is 0 Å². The molecule has 0 aliphatic carbocycles. The third-order valence-electron chi connectivity index (χ3n) is 3.35. The van der Waals surface area contributed by atoms with Crippen molar-refractivity contribution in [3.05, 3.63) is 64.5 Å². The van der Waals surface area contributed by atoms with Crippen molar-refractivity contribution in [2.24, 2.45) is 5.73 Å². The lowest BCUT2D eigenvalue weighted by Crippen LogP contribution is -2.14. The zero-order valence-corrected chi connectivity index (χ0v) is 11.3. The smallest absolute Gasteiger partial charge is 0.0569 e. The molecule has 1 unspecified atom stereocenters. The van der Waals surface area contributed by atoms with E-state index in [9.17, 15) is 0 Å². The van der Waals surface area contributed by atoms with Crippen LogP contribution in [0.2, 0.25) is 0 Å². The van der Waals surface area contributed by atoms with Gasteiger partial charge in [-0.2, -0.15) is 0 Å². The fourth-order valence-corrected chi connectivity index (χ4v) is 2.17. The van der Waals surface area contributed by atoms with Crippen molar-refractivity contribution in [1.82, 2.24) is 4.98 Å². The Morgan fingerprint density at radius 3 is 2.28 bits per heavy atom. The summed E-state index contributed by atoms with van der Waals surface area (Å²) in [7, 11) is 0. The number of nitrogens with zero attached hydrogens (tertiary/aromatic N) is 1. The molecule has 0 fully saturated rings. The number of aromatic nitrogens is 1. The molecule has 2 heteroatoms. The summed E-state index contributed by atoms with van der Waals surface area (Å²) < 4.78 is 0. The van der Waals surface area contributed by atoms with Crippen LogP contribution in [-0.4, -0.2) is 4.98 Å². The molecule has 2 rings (SSSR count). The Labute approximate surface area is 109 Å². The van der Waals surface area contributed by atoms with Gasteiger partial charge in [0, 0.05) is 11.4 Å². The zero-order chi connectivity index (χ0) is 13.1. The Morgan fingerprint density at radius 1 is 1.06 bits per heavy atom. The van der Waals surface area contributed by atoms with E-state index >= 15 is 0 Å². The minimum absolute atomic E-state index is 0.0935. The van der Waals surface area contributed by atoms with Gasteiger partial charge in [-0.05, 0) is 43.0 Å². The lowest BCUT2D eigenvalue weighted by molar-refractivity contribution is 0.843. The molecule has 0 saturated carbocycles. The van der Waals surface area contributed by atoms with Gasteiger partial charge in [0.25, 0.3) is 0 Å². The number of aryl methyl sites for hydroxylation is 3. The molecule has 94 valence electrons. The van der Waals surface area contributed by atoms with Gasteiger partial charge in [0.15, 0.2) is 0 Å². The predicted molar refractivity (Wildman–Crippen MR) is 75.6 cm³/mol. The fourth-order valence-electron chi connectivity index (χ4n) is 2.17. The van der Waals surface area contributed by atoms with Crippen LogP contribution in [0.25, 0.3) is 0 Å². The van der Waals surface area contributed by atoms with Crippen molar-refractivity contribution >= 4 is 0 Å². The van der Waals surface area contributed by atoms with Gasteiger partial charge in [0.1, 0.15) is 0 Å². The first-order valence-corrected chi connectivity index (χ1v) is 6.40. The maximum absolute atomic E-state index is 6.32. The van der Waals surface area contributed by atoms with Crippen molar-refractivity contribution in [3.8, 4) is 0 Å². The number of pyridine rings is 1. The molecule has 2 N–H and O–H groups in total. The maximum atomic E-state index is 6.32. The molecule has 2 aromatic rings. The van der Waals surface area contributed by atoms with Crippen molar-refractivity contribution < 1.29 is 0 Å². The van der Waals surface area contributed by atoms with E-state index in [4.69, 9.17) is 5.73 Å². The van der Waals surface area contributed by atoms with E-state index in [0.717, 1.165) is 28.9 Å². The van der Waals surface area contributed by atoms with E-state index in [1.807, 2.05) is 19.9 Å². The molecule has 0 spiro atoms. The molecular formula is C16H20N2. The molecule has 2 nitrogen and oxygen atoms in total. The highest BCUT2D eigenvalue weighted by atomic mass is 14.7. The summed E-state index contributed by atoms with van der Waals surface area (Å²) in [5.41, 5.74) is 11.9. The van der Waals surface area contributed by atoms with Crippen molar-refractivity contribution in [2.45, 2.75) is 33.2 Å². The first kappa shape index (κ1) is 12.8. The number of benzene rings is 1. The molecule has 0 bridgehead atoms. The lowest BCUT2D eigenvalue weighted by Gasteiger charge is -2.15. The third kappa shape index (κ3) is 2.59. The van der Waals surface area contributed by atoms with Gasteiger partial charge in [0.05, 0.1) is 6.04 Å². The number of hydrogen-bond acceptors (Lipinski definition) is 2. The minimum atomic E-state index is -0.0935. The minimum Gasteiger partial charge on any atom is -0.320 e. The molecule has 1 atom stereocenters. The van der Waals surface area contributed by atoms with E-state index in [2.05, 4.69) is 42.2 Å². The average molecular weight is 240 g/mol. The quantitative estimate of drug-likeness (QED) is 0.894. The van der Waals surface area contributed by atoms with Crippen LogP contribution in [0.4, 0.5) is 0 Å². The van der Waals surface area contributed by atoms with Crippen molar-refractivity contribution in [1.29, 1.82) is 0 Å². The summed E-state index contributed by atoms with van der Waals surface area (Å²) in [5.74, 6) is 0. The SMILES string of the molecule is CCc1ccc(C(N)c2ccc(C)nc2C)cc1. The summed E-state index contributed by atoms with van der Waals surface area (Å²) in [6.45, 7) is 6.17. The molecule has 18 heavy (non-hydrogen) atoms. The second kappa shape index (κ2) is 5.32. The summed E-state index contributed by atoms with van der Waals surface area (Å²) in [5, 5.41) is 0. The van der Waals surface area contributed by atoms with E-state index in [1.165, 1.54) is 5.56 Å². The molecular weight excluding hydrogens is 220 g/mol. The lowest BCUT2D eigenvalue weighted by atomic mass is 9.97. The van der Waals surface area contributed by atoms with E-state index in [-0.39, 0.29) is 6.04 Å². The number of hydrogen-bond donors (Lipinski definition) is 1. The second-order valence-corrected chi connectivity index (χ2v) is 4.70. The first-order valence-electron chi connectivity index (χ1n) is 6.40. The first-order chi connectivity index (χ1) is 8.61. The van der Waals surface area contributed by atoms with Gasteiger partial charge in [0.2, 0.25) is 0 Å². The normalized spacial score (nSPS) is 12.4. The van der Waals surface area contributed by atoms with Crippen LogP contribution in [0.15, 0.2) is 36.4 Å². The number of rotatable bonds is 3. The van der Waals surface area contributed by atoms with E-state index < -0.39 is 0 Å². The summed E-state index contributed by atoms with van der Waals surface area (Å²) in [6, 6.07) is 12.5. The van der Waals surface area contributed by atoms with Crippen LogP contribution in [-0.2, 0) is 6.42 Å². The summed E-state index contributed by atoms with van der Waals surface area (Å²) in [4.78, 5) is 4.47. The monoisotopic (exact) mass is 240 g/mol. The van der Waals surface area contributed by atoms with Crippen LogP contribution in [0.3, 0.4) is 0 Å². The fraction of sp³-hybridized carbons (Fsp3) is 0.312. The molecule has 1 aromatic heterocycles. The molecule has 0 radical (unpaired) electrons. The van der Waals surface area contributed by atoms with Gasteiger partial charge >= 0.3 is 0 Å². The highest BCUT2D eigenvalue weighted by Gasteiger charge is 2.12. The van der Waals surface area contributed by atoms with Crippen LogP contribution < -0.4 is 5.73 Å². The van der Waals surface area contributed by atoms with Crippen LogP contribution in [0, 0.1) is 13.8 Å². The largest absolute Gasteiger partial charge is 0.320 e. The Kier molecular flexibility index (Phi) is 3.78. The molecule has 0 amide bonds. The highest BCUT2D eigenvalue weighted by molar-refractivity contribution is 5.35. The maximum Gasteiger partial charge on any atom is 0.0569 e. The van der Waals surface area contributed by atoms with Gasteiger partial charge in [-0.1, -0.05) is 37.3 Å². The standard InChI is InChI=1S/C16H20N2/c1-4-13-6-8-14(9-7-13)16(17)15-10-5-11(2)18-12(15)3/h5-10,16H,4,17H2,1-3H3. The summed E-state index contributed by atoms with van der Waals surface area (Å²) in [6.07, 6.45) is 1.06. The molecule has 0 aliphatic heterocycles. The highest BCUT2D eigenvalue weighted by Crippen LogP contribution is 2.22. The van der Waals surface area contributed by atoms with Crippen molar-refractivity contribution in [3.63, 3.8) is 0 Å². The van der Waals surface area contributed by atoms with Crippen LogP contribution >= 0.6 is 0 Å². The molecule has 0 aliphatic rings. The van der Waals surface area contributed by atoms with E-state index in [1.54, 1.807) is 0 Å². The molecule has 0 saturated heterocycles. The topological polar surface area (TPSA) is 38.9 Å². The van der Waals surface area contributed by atoms with E-state index in [0.29, 0.717) is 0 Å². The Morgan fingerprint density at radius 2 is 1.72 bits per heavy atom. The van der Waals surface area contributed by atoms with Gasteiger partial charge in [-0.25, -0.2) is 0 Å². The molecule has 1 aromatic carbocycles. The average Bonchev–Trinajstić information content (AvgIpc) is 2.38. The Bertz CT molecular complexity index is 529. The Balaban J connectivity index is 2.31. The Hall–Kier alpha value is -1.67. The third-order valence-corrected chi connectivity index (χ3v) is 3.35. The van der Waals surface area contributed by atoms with Crippen LogP contribution in [0.5, 0.6) is 0 Å². The second-order valence-electron chi connectivity index (χ2n) is 4.70. The predicted octanol–water partition coefficient (Wildman–Crippen LogP) is 3.31. The van der Waals surface area contributed by atoms with Gasteiger partial charge < -0.3 is 5.73 Å². The van der Waals surface area contributed by atoms with Crippen LogP contribution in [0.1, 0.15) is 41.0 Å². The number of nitrogens with two attached hydrogens (primary N) is 1. The summed E-state index contributed by atoms with van der Waals surface area (Å²) >= 11 is 0. The van der Waals surface area contributed by atoms with Gasteiger partial charge in [-0.3, -0.25) is 4.98 Å². The zero-order valence-electron chi connectivity index (χ0n) is 11.3. The van der Waals surface area contributed by atoms with Crippen molar-refractivity contribution in [2.75, 3.05) is 0 Å².